The van der Waals surface area contributed by atoms with Crippen molar-refractivity contribution >= 4 is 36.5 Å². The average molecular weight is 317 g/mol. The Morgan fingerprint density at radius 1 is 1.40 bits per heavy atom. The van der Waals surface area contributed by atoms with Crippen molar-refractivity contribution in [2.24, 2.45) is 0 Å². The molecule has 1 N–H and O–H groups in total. The molecule has 0 bridgehead atoms. The maximum atomic E-state index is 12.1. The molecule has 0 unspecified atom stereocenters. The molecule has 0 radical (unpaired) electrons. The van der Waals surface area contributed by atoms with Gasteiger partial charge in [0.1, 0.15) is 0 Å². The Bertz CT molecular complexity index is 844. The van der Waals surface area contributed by atoms with E-state index in [1.54, 1.807) is 0 Å². The Balaban J connectivity index is 2.58. The van der Waals surface area contributed by atoms with Crippen LogP contribution in [0.15, 0.2) is 34.1 Å². The smallest absolute Gasteiger partial charge is 0.305 e. The summed E-state index contributed by atoms with van der Waals surface area (Å²) in [7, 11) is 1.28. The van der Waals surface area contributed by atoms with Gasteiger partial charge in [-0.25, -0.2) is 13.1 Å². The lowest BCUT2D eigenvalue weighted by atomic mass is 10.2. The molecule has 1 aromatic carbocycles. The van der Waals surface area contributed by atoms with Gasteiger partial charge in [-0.2, -0.15) is 5.10 Å². The summed E-state index contributed by atoms with van der Waals surface area (Å²) in [6, 6.07) is 3.84. The molecule has 0 spiro atoms. The lowest BCUT2D eigenvalue weighted by Gasteiger charge is -2.05. The SMILES string of the molecule is O=C(O)CCn1ncc2ccc(S(=O)(=O)Cl)cc2c1=O. The monoisotopic (exact) mass is 316 g/mol. The van der Waals surface area contributed by atoms with E-state index in [4.69, 9.17) is 15.8 Å². The van der Waals surface area contributed by atoms with Crippen LogP contribution in [0, 0.1) is 0 Å². The zero-order valence-electron chi connectivity index (χ0n) is 9.98. The largest absolute Gasteiger partial charge is 0.481 e. The molecule has 0 saturated carbocycles. The fraction of sp³-hybridized carbons (Fsp3) is 0.182. The topological polar surface area (TPSA) is 106 Å². The number of fused-ring (bicyclic) bond motifs is 1. The zero-order chi connectivity index (χ0) is 14.9. The number of carboxylic acids is 1. The predicted molar refractivity (Wildman–Crippen MR) is 71.3 cm³/mol. The van der Waals surface area contributed by atoms with Crippen LogP contribution < -0.4 is 5.56 Å². The number of hydrogen-bond acceptors (Lipinski definition) is 5. The molecule has 1 aromatic heterocycles. The minimum absolute atomic E-state index is 0.0953. The number of halogens is 1. The van der Waals surface area contributed by atoms with E-state index in [1.807, 2.05) is 0 Å². The fourth-order valence-corrected chi connectivity index (χ4v) is 2.45. The normalized spacial score (nSPS) is 11.7. The van der Waals surface area contributed by atoms with Gasteiger partial charge < -0.3 is 5.11 Å². The number of aromatic nitrogens is 2. The summed E-state index contributed by atoms with van der Waals surface area (Å²) in [5, 5.41) is 13.0. The summed E-state index contributed by atoms with van der Waals surface area (Å²) in [6.45, 7) is -0.0953. The molecule has 1 heterocycles. The zero-order valence-corrected chi connectivity index (χ0v) is 11.6. The van der Waals surface area contributed by atoms with Gasteiger partial charge in [-0.3, -0.25) is 9.59 Å². The van der Waals surface area contributed by atoms with E-state index < -0.39 is 20.6 Å². The lowest BCUT2D eigenvalue weighted by Crippen LogP contribution is -2.24. The highest BCUT2D eigenvalue weighted by Crippen LogP contribution is 2.18. The first-order valence-corrected chi connectivity index (χ1v) is 7.76. The number of rotatable bonds is 4. The second kappa shape index (κ2) is 5.22. The van der Waals surface area contributed by atoms with E-state index in [0.29, 0.717) is 5.39 Å². The van der Waals surface area contributed by atoms with Crippen LogP contribution in [-0.2, 0) is 20.4 Å². The van der Waals surface area contributed by atoms with E-state index in [2.05, 4.69) is 5.10 Å². The van der Waals surface area contributed by atoms with Crippen molar-refractivity contribution in [3.05, 3.63) is 34.7 Å². The first kappa shape index (κ1) is 14.5. The van der Waals surface area contributed by atoms with Crippen LogP contribution >= 0.6 is 10.7 Å². The third kappa shape index (κ3) is 2.97. The number of aliphatic carboxylic acids is 1. The minimum Gasteiger partial charge on any atom is -0.481 e. The van der Waals surface area contributed by atoms with Crippen LogP contribution in [0.3, 0.4) is 0 Å². The molecule has 0 aliphatic heterocycles. The summed E-state index contributed by atoms with van der Waals surface area (Å²) in [6.07, 6.45) is 1.11. The van der Waals surface area contributed by atoms with Gasteiger partial charge in [0.25, 0.3) is 14.6 Å². The predicted octanol–water partition coefficient (Wildman–Crippen LogP) is 0.799. The second-order valence-corrected chi connectivity index (χ2v) is 6.57. The Labute approximate surface area is 117 Å². The molecular weight excluding hydrogens is 308 g/mol. The molecule has 0 amide bonds. The van der Waals surface area contributed by atoms with Gasteiger partial charge in [-0.05, 0) is 12.1 Å². The first-order chi connectivity index (χ1) is 9.29. The Hall–Kier alpha value is -1.93. The standard InChI is InChI=1S/C11H9ClN2O5S/c12-20(18,19)8-2-1-7-6-13-14(4-3-10(15)16)11(17)9(7)5-8/h1-2,5-6H,3-4H2,(H,15,16). The highest BCUT2D eigenvalue weighted by atomic mass is 35.7. The molecule has 9 heteroatoms. The third-order valence-corrected chi connectivity index (χ3v) is 4.00. The Morgan fingerprint density at radius 2 is 2.10 bits per heavy atom. The minimum atomic E-state index is -3.94. The van der Waals surface area contributed by atoms with Crippen molar-refractivity contribution in [3.63, 3.8) is 0 Å². The third-order valence-electron chi connectivity index (χ3n) is 2.64. The highest BCUT2D eigenvalue weighted by Gasteiger charge is 2.13. The number of aryl methyl sites for hydroxylation is 1. The molecule has 0 atom stereocenters. The molecular formula is C11H9ClN2O5S. The van der Waals surface area contributed by atoms with Crippen LogP contribution in [0.4, 0.5) is 0 Å². The summed E-state index contributed by atoms with van der Waals surface area (Å²) in [5.74, 6) is -1.06. The molecule has 2 aromatic rings. The van der Waals surface area contributed by atoms with E-state index in [0.717, 1.165) is 10.7 Å². The number of benzene rings is 1. The fourth-order valence-electron chi connectivity index (χ4n) is 1.67. The van der Waals surface area contributed by atoms with Crippen LogP contribution in [0.5, 0.6) is 0 Å². The second-order valence-electron chi connectivity index (χ2n) is 4.00. The van der Waals surface area contributed by atoms with Crippen molar-refractivity contribution in [3.8, 4) is 0 Å². The molecule has 0 fully saturated rings. The average Bonchev–Trinajstić information content (AvgIpc) is 2.36. The van der Waals surface area contributed by atoms with Crippen molar-refractivity contribution in [1.29, 1.82) is 0 Å². The van der Waals surface area contributed by atoms with E-state index in [1.165, 1.54) is 18.3 Å². The lowest BCUT2D eigenvalue weighted by molar-refractivity contribution is -0.137. The van der Waals surface area contributed by atoms with Crippen molar-refractivity contribution in [1.82, 2.24) is 9.78 Å². The summed E-state index contributed by atoms with van der Waals surface area (Å²) < 4.78 is 23.5. The Kier molecular flexibility index (Phi) is 3.78. The number of carboxylic acid groups (broad SMARTS) is 1. The quantitative estimate of drug-likeness (QED) is 0.836. The molecule has 20 heavy (non-hydrogen) atoms. The van der Waals surface area contributed by atoms with Crippen LogP contribution in [0.25, 0.3) is 10.8 Å². The van der Waals surface area contributed by atoms with Crippen LogP contribution in [0.2, 0.25) is 0 Å². The van der Waals surface area contributed by atoms with Gasteiger partial charge in [0.15, 0.2) is 0 Å². The van der Waals surface area contributed by atoms with E-state index >= 15 is 0 Å². The molecule has 2 rings (SSSR count). The van der Waals surface area contributed by atoms with Crippen molar-refractivity contribution in [2.75, 3.05) is 0 Å². The van der Waals surface area contributed by atoms with Gasteiger partial charge in [0, 0.05) is 16.1 Å². The molecule has 106 valence electrons. The maximum Gasteiger partial charge on any atom is 0.305 e. The Morgan fingerprint density at radius 3 is 2.70 bits per heavy atom. The summed E-state index contributed by atoms with van der Waals surface area (Å²) in [5.41, 5.74) is -0.564. The number of hydrogen-bond donors (Lipinski definition) is 1. The van der Waals surface area contributed by atoms with E-state index in [9.17, 15) is 18.0 Å². The van der Waals surface area contributed by atoms with Gasteiger partial charge >= 0.3 is 5.97 Å². The van der Waals surface area contributed by atoms with E-state index in [-0.39, 0.29) is 23.2 Å². The number of carbonyl (C=O) groups is 1. The molecule has 0 saturated heterocycles. The summed E-state index contributed by atoms with van der Waals surface area (Å²) >= 11 is 0. The van der Waals surface area contributed by atoms with Gasteiger partial charge in [0.05, 0.1) is 29.4 Å². The van der Waals surface area contributed by atoms with Crippen molar-refractivity contribution in [2.45, 2.75) is 17.9 Å². The van der Waals surface area contributed by atoms with Crippen LogP contribution in [0.1, 0.15) is 6.42 Å². The summed E-state index contributed by atoms with van der Waals surface area (Å²) in [4.78, 5) is 22.4. The molecule has 0 aliphatic carbocycles. The maximum absolute atomic E-state index is 12.1. The molecule has 7 nitrogen and oxygen atoms in total. The van der Waals surface area contributed by atoms with Gasteiger partial charge in [0.2, 0.25) is 0 Å². The van der Waals surface area contributed by atoms with Crippen LogP contribution in [-0.4, -0.2) is 29.3 Å². The van der Waals surface area contributed by atoms with Gasteiger partial charge in [-0.15, -0.1) is 0 Å². The molecule has 0 aliphatic rings. The van der Waals surface area contributed by atoms with Gasteiger partial charge in [-0.1, -0.05) is 6.07 Å². The number of nitrogens with zero attached hydrogens (tertiary/aromatic N) is 2. The highest BCUT2D eigenvalue weighted by molar-refractivity contribution is 8.13. The van der Waals surface area contributed by atoms with Crippen molar-refractivity contribution < 1.29 is 18.3 Å². The first-order valence-electron chi connectivity index (χ1n) is 5.45.